The Morgan fingerprint density at radius 1 is 1.33 bits per heavy atom. The number of rotatable bonds is 3. The van der Waals surface area contributed by atoms with Crippen molar-refractivity contribution >= 4 is 5.97 Å². The zero-order valence-electron chi connectivity index (χ0n) is 9.10. The third-order valence-corrected chi connectivity index (χ3v) is 3.55. The summed E-state index contributed by atoms with van der Waals surface area (Å²) < 4.78 is 0. The molecule has 0 bridgehead atoms. The standard InChI is InChI=1S/C13H16O2/c1-13(2,9-6-4-3-5-7-9)11-8-10(11)12(14)15/h3-7,10-11H,8H2,1-2H3,(H,14,15). The zero-order valence-corrected chi connectivity index (χ0v) is 9.10. The third kappa shape index (κ3) is 1.76. The Kier molecular flexibility index (Phi) is 2.29. The maximum Gasteiger partial charge on any atom is 0.306 e. The lowest BCUT2D eigenvalue weighted by atomic mass is 9.79. The second kappa shape index (κ2) is 3.37. The van der Waals surface area contributed by atoms with E-state index in [9.17, 15) is 4.79 Å². The van der Waals surface area contributed by atoms with E-state index in [1.807, 2.05) is 18.2 Å². The summed E-state index contributed by atoms with van der Waals surface area (Å²) >= 11 is 0. The van der Waals surface area contributed by atoms with Crippen molar-refractivity contribution in [2.45, 2.75) is 25.7 Å². The van der Waals surface area contributed by atoms with Crippen LogP contribution in [0, 0.1) is 11.8 Å². The summed E-state index contributed by atoms with van der Waals surface area (Å²) in [6.45, 7) is 4.27. The molecular formula is C13H16O2. The predicted octanol–water partition coefficient (Wildman–Crippen LogP) is 2.68. The Balaban J connectivity index is 2.19. The van der Waals surface area contributed by atoms with Gasteiger partial charge < -0.3 is 5.11 Å². The van der Waals surface area contributed by atoms with Crippen LogP contribution in [0.5, 0.6) is 0 Å². The molecule has 1 aliphatic carbocycles. The molecule has 0 spiro atoms. The van der Waals surface area contributed by atoms with Gasteiger partial charge in [0.1, 0.15) is 0 Å². The molecule has 1 aromatic carbocycles. The Bertz CT molecular complexity index is 367. The van der Waals surface area contributed by atoms with Crippen LogP contribution in [-0.4, -0.2) is 11.1 Å². The third-order valence-electron chi connectivity index (χ3n) is 3.55. The first-order chi connectivity index (χ1) is 7.03. The highest BCUT2D eigenvalue weighted by Crippen LogP contribution is 2.52. The minimum Gasteiger partial charge on any atom is -0.481 e. The molecule has 0 aliphatic heterocycles. The molecule has 1 aromatic rings. The fourth-order valence-electron chi connectivity index (χ4n) is 2.35. The van der Waals surface area contributed by atoms with Crippen LogP contribution in [0.3, 0.4) is 0 Å². The summed E-state index contributed by atoms with van der Waals surface area (Å²) in [6.07, 6.45) is 0.817. The summed E-state index contributed by atoms with van der Waals surface area (Å²) in [7, 11) is 0. The highest BCUT2D eigenvalue weighted by molar-refractivity contribution is 5.74. The van der Waals surface area contributed by atoms with Gasteiger partial charge in [-0.3, -0.25) is 4.79 Å². The van der Waals surface area contributed by atoms with Crippen molar-refractivity contribution in [3.63, 3.8) is 0 Å². The molecule has 0 saturated heterocycles. The van der Waals surface area contributed by atoms with E-state index in [2.05, 4.69) is 26.0 Å². The fourth-order valence-corrected chi connectivity index (χ4v) is 2.35. The van der Waals surface area contributed by atoms with Crippen LogP contribution in [0.1, 0.15) is 25.8 Å². The maximum absolute atomic E-state index is 10.8. The van der Waals surface area contributed by atoms with E-state index >= 15 is 0 Å². The van der Waals surface area contributed by atoms with Crippen LogP contribution < -0.4 is 0 Å². The van der Waals surface area contributed by atoms with Crippen LogP contribution in [0.2, 0.25) is 0 Å². The molecule has 2 heteroatoms. The molecule has 2 nitrogen and oxygen atoms in total. The van der Waals surface area contributed by atoms with Gasteiger partial charge in [0.2, 0.25) is 0 Å². The smallest absolute Gasteiger partial charge is 0.306 e. The summed E-state index contributed by atoms with van der Waals surface area (Å²) in [5, 5.41) is 8.93. The monoisotopic (exact) mass is 204 g/mol. The second-order valence-electron chi connectivity index (χ2n) is 4.87. The van der Waals surface area contributed by atoms with Gasteiger partial charge in [-0.1, -0.05) is 44.2 Å². The van der Waals surface area contributed by atoms with Crippen molar-refractivity contribution in [2.75, 3.05) is 0 Å². The predicted molar refractivity (Wildman–Crippen MR) is 58.7 cm³/mol. The molecule has 0 aromatic heterocycles. The highest BCUT2D eigenvalue weighted by atomic mass is 16.4. The van der Waals surface area contributed by atoms with Crippen LogP contribution >= 0.6 is 0 Å². The van der Waals surface area contributed by atoms with Crippen molar-refractivity contribution in [3.05, 3.63) is 35.9 Å². The highest BCUT2D eigenvalue weighted by Gasteiger charge is 2.52. The van der Waals surface area contributed by atoms with E-state index < -0.39 is 5.97 Å². The molecule has 0 heterocycles. The Labute approximate surface area is 89.9 Å². The van der Waals surface area contributed by atoms with Crippen molar-refractivity contribution in [2.24, 2.45) is 11.8 Å². The molecule has 2 rings (SSSR count). The fraction of sp³-hybridized carbons (Fsp3) is 0.462. The Morgan fingerprint density at radius 2 is 1.93 bits per heavy atom. The minimum atomic E-state index is -0.649. The van der Waals surface area contributed by atoms with Gasteiger partial charge >= 0.3 is 5.97 Å². The topological polar surface area (TPSA) is 37.3 Å². The number of hydrogen-bond donors (Lipinski definition) is 1. The average molecular weight is 204 g/mol. The molecule has 15 heavy (non-hydrogen) atoms. The van der Waals surface area contributed by atoms with E-state index in [0.29, 0.717) is 0 Å². The van der Waals surface area contributed by atoms with E-state index in [0.717, 1.165) is 6.42 Å². The van der Waals surface area contributed by atoms with Crippen molar-refractivity contribution in [1.82, 2.24) is 0 Å². The molecule has 2 atom stereocenters. The normalized spacial score (nSPS) is 24.9. The van der Waals surface area contributed by atoms with Gasteiger partial charge in [-0.25, -0.2) is 0 Å². The number of carboxylic acids is 1. The van der Waals surface area contributed by atoms with Crippen LogP contribution in [0.4, 0.5) is 0 Å². The molecule has 0 radical (unpaired) electrons. The Morgan fingerprint density at radius 3 is 2.40 bits per heavy atom. The van der Waals surface area contributed by atoms with Gasteiger partial charge in [-0.15, -0.1) is 0 Å². The van der Waals surface area contributed by atoms with E-state index in [-0.39, 0.29) is 17.3 Å². The quantitative estimate of drug-likeness (QED) is 0.821. The van der Waals surface area contributed by atoms with Gasteiger partial charge in [0.05, 0.1) is 5.92 Å². The first kappa shape index (κ1) is 10.2. The number of benzene rings is 1. The zero-order chi connectivity index (χ0) is 11.1. The molecule has 80 valence electrons. The molecule has 1 N–H and O–H groups in total. The van der Waals surface area contributed by atoms with Gasteiger partial charge in [0, 0.05) is 0 Å². The SMILES string of the molecule is CC(C)(c1ccccc1)C1CC1C(=O)O. The molecular weight excluding hydrogens is 188 g/mol. The number of hydrogen-bond acceptors (Lipinski definition) is 1. The second-order valence-corrected chi connectivity index (χ2v) is 4.87. The van der Waals surface area contributed by atoms with Crippen molar-refractivity contribution < 1.29 is 9.90 Å². The number of carbonyl (C=O) groups is 1. The van der Waals surface area contributed by atoms with Crippen molar-refractivity contribution in [1.29, 1.82) is 0 Å². The van der Waals surface area contributed by atoms with Crippen LogP contribution in [0.15, 0.2) is 30.3 Å². The molecule has 1 saturated carbocycles. The van der Waals surface area contributed by atoms with E-state index in [1.165, 1.54) is 5.56 Å². The lowest BCUT2D eigenvalue weighted by molar-refractivity contribution is -0.139. The number of carboxylic acid groups (broad SMARTS) is 1. The largest absolute Gasteiger partial charge is 0.481 e. The molecule has 0 amide bonds. The van der Waals surface area contributed by atoms with Gasteiger partial charge in [0.15, 0.2) is 0 Å². The lowest BCUT2D eigenvalue weighted by Gasteiger charge is -2.25. The maximum atomic E-state index is 10.8. The van der Waals surface area contributed by atoms with Crippen molar-refractivity contribution in [3.8, 4) is 0 Å². The van der Waals surface area contributed by atoms with E-state index in [1.54, 1.807) is 0 Å². The minimum absolute atomic E-state index is 0.0235. The van der Waals surface area contributed by atoms with Gasteiger partial charge in [-0.05, 0) is 23.3 Å². The summed E-state index contributed by atoms with van der Waals surface area (Å²) in [5.41, 5.74) is 1.21. The summed E-state index contributed by atoms with van der Waals surface area (Å²) in [4.78, 5) is 10.8. The first-order valence-corrected chi connectivity index (χ1v) is 5.32. The molecule has 2 unspecified atom stereocenters. The summed E-state index contributed by atoms with van der Waals surface area (Å²) in [5.74, 6) is -0.499. The molecule has 1 fully saturated rings. The van der Waals surface area contributed by atoms with Crippen LogP contribution in [-0.2, 0) is 10.2 Å². The number of aliphatic carboxylic acids is 1. The average Bonchev–Trinajstić information content (AvgIpc) is 2.99. The summed E-state index contributed by atoms with van der Waals surface area (Å²) in [6, 6.07) is 10.2. The Hall–Kier alpha value is -1.31. The van der Waals surface area contributed by atoms with Crippen LogP contribution in [0.25, 0.3) is 0 Å². The van der Waals surface area contributed by atoms with Gasteiger partial charge in [0.25, 0.3) is 0 Å². The van der Waals surface area contributed by atoms with Gasteiger partial charge in [-0.2, -0.15) is 0 Å². The van der Waals surface area contributed by atoms with E-state index in [4.69, 9.17) is 5.11 Å². The lowest BCUT2D eigenvalue weighted by Crippen LogP contribution is -2.22. The first-order valence-electron chi connectivity index (χ1n) is 5.32. The molecule has 1 aliphatic rings.